The van der Waals surface area contributed by atoms with E-state index in [1.54, 1.807) is 0 Å². The molecule has 6 heteroatoms. The van der Waals surface area contributed by atoms with Gasteiger partial charge >= 0.3 is 5.97 Å². The molecular formula is C13H14F2O4. The third kappa shape index (κ3) is 4.65. The fourth-order valence-corrected chi connectivity index (χ4v) is 1.38. The number of benzene rings is 1. The van der Waals surface area contributed by atoms with Crippen LogP contribution in [0.25, 0.3) is 0 Å². The zero-order chi connectivity index (χ0) is 14.3. The fraction of sp³-hybridized carbons (Fsp3) is 0.385. The highest BCUT2D eigenvalue weighted by Gasteiger charge is 2.13. The van der Waals surface area contributed by atoms with Gasteiger partial charge < -0.3 is 9.47 Å². The van der Waals surface area contributed by atoms with Crippen LogP contribution in [-0.2, 0) is 14.3 Å². The van der Waals surface area contributed by atoms with Gasteiger partial charge in [-0.2, -0.15) is 4.39 Å². The molecule has 0 aliphatic heterocycles. The number of carbonyl (C=O) groups is 2. The van der Waals surface area contributed by atoms with Gasteiger partial charge in [-0.25, -0.2) is 9.18 Å². The van der Waals surface area contributed by atoms with E-state index < -0.39 is 23.4 Å². The quantitative estimate of drug-likeness (QED) is 0.434. The van der Waals surface area contributed by atoms with Gasteiger partial charge in [-0.3, -0.25) is 4.79 Å². The van der Waals surface area contributed by atoms with E-state index in [-0.39, 0.29) is 18.8 Å². The predicted molar refractivity (Wildman–Crippen MR) is 62.7 cm³/mol. The second kappa shape index (κ2) is 7.45. The number of unbranched alkanes of at least 4 members (excludes halogenated alkanes) is 1. The summed E-state index contributed by atoms with van der Waals surface area (Å²) >= 11 is 0. The van der Waals surface area contributed by atoms with Crippen LogP contribution in [0.2, 0.25) is 0 Å². The molecule has 19 heavy (non-hydrogen) atoms. The maximum Gasteiger partial charge on any atom is 0.374 e. The van der Waals surface area contributed by atoms with E-state index in [0.29, 0.717) is 12.8 Å². The van der Waals surface area contributed by atoms with Crippen molar-refractivity contribution in [2.45, 2.75) is 19.3 Å². The van der Waals surface area contributed by atoms with Crippen LogP contribution in [0.15, 0.2) is 18.2 Å². The monoisotopic (exact) mass is 272 g/mol. The number of rotatable bonds is 7. The van der Waals surface area contributed by atoms with Crippen LogP contribution in [0.3, 0.4) is 0 Å². The second-order valence-electron chi connectivity index (χ2n) is 3.77. The van der Waals surface area contributed by atoms with Crippen molar-refractivity contribution in [1.82, 2.24) is 0 Å². The molecule has 0 heterocycles. The highest BCUT2D eigenvalue weighted by molar-refractivity contribution is 6.33. The van der Waals surface area contributed by atoms with E-state index in [1.807, 2.05) is 0 Å². The molecule has 0 aliphatic rings. The summed E-state index contributed by atoms with van der Waals surface area (Å²) in [5.74, 6) is -3.66. The molecule has 0 amide bonds. The van der Waals surface area contributed by atoms with Crippen LogP contribution in [0.4, 0.5) is 8.78 Å². The van der Waals surface area contributed by atoms with Gasteiger partial charge in [0.2, 0.25) is 11.6 Å². The topological polar surface area (TPSA) is 52.6 Å². The Morgan fingerprint density at radius 3 is 2.63 bits per heavy atom. The number of methoxy groups -OCH3 is 1. The number of Topliss-reactive ketones (excluding diaryl/α,β-unsaturated/α-hetero) is 1. The van der Waals surface area contributed by atoms with Gasteiger partial charge in [0.25, 0.3) is 0 Å². The van der Waals surface area contributed by atoms with Crippen molar-refractivity contribution >= 4 is 11.8 Å². The Labute approximate surface area is 109 Å². The standard InChI is InChI=1S/C13H14F2O4/c1-18-13(17)10(16)6-2-3-8-19-11-7-4-5-9(14)12(11)15/h4-5,7H,2-3,6,8H2,1H3. The van der Waals surface area contributed by atoms with E-state index in [2.05, 4.69) is 4.74 Å². The summed E-state index contributed by atoms with van der Waals surface area (Å²) in [6.07, 6.45) is 0.894. The van der Waals surface area contributed by atoms with Gasteiger partial charge in [-0.15, -0.1) is 0 Å². The van der Waals surface area contributed by atoms with Crippen LogP contribution in [0.1, 0.15) is 19.3 Å². The molecule has 1 rings (SSSR count). The van der Waals surface area contributed by atoms with Crippen molar-refractivity contribution in [3.05, 3.63) is 29.8 Å². The first kappa shape index (κ1) is 15.1. The predicted octanol–water partition coefficient (Wildman–Crippen LogP) is 2.26. The van der Waals surface area contributed by atoms with Crippen molar-refractivity contribution in [2.24, 2.45) is 0 Å². The molecule has 0 atom stereocenters. The summed E-state index contributed by atoms with van der Waals surface area (Å²) in [4.78, 5) is 21.9. The Kier molecular flexibility index (Phi) is 5.92. The molecule has 0 fully saturated rings. The summed E-state index contributed by atoms with van der Waals surface area (Å²) in [6, 6.07) is 3.66. The average molecular weight is 272 g/mol. The van der Waals surface area contributed by atoms with Crippen molar-refractivity contribution < 1.29 is 27.8 Å². The van der Waals surface area contributed by atoms with Gasteiger partial charge in [-0.05, 0) is 25.0 Å². The van der Waals surface area contributed by atoms with Gasteiger partial charge in [0.1, 0.15) is 0 Å². The van der Waals surface area contributed by atoms with Crippen LogP contribution >= 0.6 is 0 Å². The average Bonchev–Trinajstić information content (AvgIpc) is 2.41. The third-order valence-corrected chi connectivity index (χ3v) is 2.38. The van der Waals surface area contributed by atoms with Gasteiger partial charge in [0.15, 0.2) is 11.6 Å². The summed E-state index contributed by atoms with van der Waals surface area (Å²) in [5, 5.41) is 0. The third-order valence-electron chi connectivity index (χ3n) is 2.38. The first-order chi connectivity index (χ1) is 9.06. The van der Waals surface area contributed by atoms with Crippen LogP contribution in [0, 0.1) is 11.6 Å². The van der Waals surface area contributed by atoms with Crippen LogP contribution in [0.5, 0.6) is 5.75 Å². The second-order valence-corrected chi connectivity index (χ2v) is 3.77. The van der Waals surface area contributed by atoms with Gasteiger partial charge in [0, 0.05) is 6.42 Å². The molecular weight excluding hydrogens is 258 g/mol. The normalized spacial score (nSPS) is 10.1. The highest BCUT2D eigenvalue weighted by Crippen LogP contribution is 2.19. The number of esters is 1. The Balaban J connectivity index is 2.26. The lowest BCUT2D eigenvalue weighted by atomic mass is 10.2. The number of carbonyl (C=O) groups excluding carboxylic acids is 2. The van der Waals surface area contributed by atoms with E-state index in [0.717, 1.165) is 13.2 Å². The minimum absolute atomic E-state index is 0.0433. The summed E-state index contributed by atoms with van der Waals surface area (Å²) in [6.45, 7) is 0.134. The number of hydrogen-bond acceptors (Lipinski definition) is 4. The van der Waals surface area contributed by atoms with Crippen molar-refractivity contribution in [3.63, 3.8) is 0 Å². The van der Waals surface area contributed by atoms with E-state index in [1.165, 1.54) is 12.1 Å². The van der Waals surface area contributed by atoms with Crippen LogP contribution < -0.4 is 4.74 Å². The Morgan fingerprint density at radius 2 is 1.95 bits per heavy atom. The molecule has 1 aromatic rings. The molecule has 0 unspecified atom stereocenters. The lowest BCUT2D eigenvalue weighted by Gasteiger charge is -2.06. The Hall–Kier alpha value is -1.98. The van der Waals surface area contributed by atoms with Crippen molar-refractivity contribution in [3.8, 4) is 5.75 Å². The SMILES string of the molecule is COC(=O)C(=O)CCCCOc1cccc(F)c1F. The number of hydrogen-bond donors (Lipinski definition) is 0. The van der Waals surface area contributed by atoms with Crippen molar-refractivity contribution in [2.75, 3.05) is 13.7 Å². The number of ether oxygens (including phenoxy) is 2. The number of ketones is 1. The summed E-state index contributed by atoms with van der Waals surface area (Å²) < 4.78 is 35.3. The lowest BCUT2D eigenvalue weighted by Crippen LogP contribution is -2.15. The fourth-order valence-electron chi connectivity index (χ4n) is 1.38. The highest BCUT2D eigenvalue weighted by atomic mass is 19.2. The van der Waals surface area contributed by atoms with E-state index >= 15 is 0 Å². The minimum Gasteiger partial charge on any atom is -0.490 e. The smallest absolute Gasteiger partial charge is 0.374 e. The largest absolute Gasteiger partial charge is 0.490 e. The zero-order valence-corrected chi connectivity index (χ0v) is 10.4. The summed E-state index contributed by atoms with van der Waals surface area (Å²) in [7, 11) is 1.13. The van der Waals surface area contributed by atoms with Crippen molar-refractivity contribution in [1.29, 1.82) is 0 Å². The van der Waals surface area contributed by atoms with Crippen LogP contribution in [-0.4, -0.2) is 25.5 Å². The van der Waals surface area contributed by atoms with Gasteiger partial charge in [-0.1, -0.05) is 6.07 Å². The lowest BCUT2D eigenvalue weighted by molar-refractivity contribution is -0.151. The molecule has 4 nitrogen and oxygen atoms in total. The maximum atomic E-state index is 13.2. The van der Waals surface area contributed by atoms with E-state index in [4.69, 9.17) is 4.74 Å². The Morgan fingerprint density at radius 1 is 1.21 bits per heavy atom. The summed E-state index contributed by atoms with van der Waals surface area (Å²) in [5.41, 5.74) is 0. The minimum atomic E-state index is -1.03. The first-order valence-electron chi connectivity index (χ1n) is 5.74. The zero-order valence-electron chi connectivity index (χ0n) is 10.4. The molecule has 0 radical (unpaired) electrons. The molecule has 1 aromatic carbocycles. The molecule has 0 spiro atoms. The van der Waals surface area contributed by atoms with E-state index in [9.17, 15) is 18.4 Å². The van der Waals surface area contributed by atoms with Gasteiger partial charge in [0.05, 0.1) is 13.7 Å². The molecule has 0 N–H and O–H groups in total. The number of halogens is 2. The molecule has 0 aliphatic carbocycles. The first-order valence-corrected chi connectivity index (χ1v) is 5.74. The Bertz CT molecular complexity index is 460. The maximum absolute atomic E-state index is 13.2. The molecule has 104 valence electrons. The molecule has 0 saturated heterocycles. The molecule has 0 bridgehead atoms. The molecule has 0 saturated carbocycles. The molecule has 0 aromatic heterocycles.